The van der Waals surface area contributed by atoms with Crippen molar-refractivity contribution in [2.24, 2.45) is 0 Å². The van der Waals surface area contributed by atoms with Crippen molar-refractivity contribution in [1.82, 2.24) is 14.8 Å². The predicted octanol–water partition coefficient (Wildman–Crippen LogP) is 3.83. The summed E-state index contributed by atoms with van der Waals surface area (Å²) in [4.78, 5) is 23.5. The first-order chi connectivity index (χ1) is 13.1. The molecule has 8 nitrogen and oxygen atoms in total. The first-order valence-corrected chi connectivity index (χ1v) is 9.70. The van der Waals surface area contributed by atoms with Crippen LogP contribution < -0.4 is 5.32 Å². The van der Waals surface area contributed by atoms with Gasteiger partial charge in [0.05, 0.1) is 15.6 Å². The Labute approximate surface area is 163 Å². The van der Waals surface area contributed by atoms with Crippen molar-refractivity contribution in [2.45, 2.75) is 11.7 Å². The third kappa shape index (κ3) is 4.60. The second-order valence-electron chi connectivity index (χ2n) is 5.33. The molecule has 1 aromatic carbocycles. The summed E-state index contributed by atoms with van der Waals surface area (Å²) < 4.78 is 1.89. The largest absolute Gasteiger partial charge is 0.325 e. The minimum Gasteiger partial charge on any atom is -0.325 e. The molecule has 0 saturated heterocycles. The molecule has 0 atom stereocenters. The summed E-state index contributed by atoms with van der Waals surface area (Å²) >= 11 is 2.80. The molecule has 0 aliphatic carbocycles. The molecular weight excluding hydrogens is 386 g/mol. The highest BCUT2D eigenvalue weighted by Gasteiger charge is 2.16. The topological polar surface area (TPSA) is 103 Å². The summed E-state index contributed by atoms with van der Waals surface area (Å²) in [7, 11) is 0. The number of non-ortho nitro benzene ring substituents is 1. The van der Waals surface area contributed by atoms with Crippen molar-refractivity contribution in [1.29, 1.82) is 0 Å². The summed E-state index contributed by atoms with van der Waals surface area (Å²) in [5, 5.41) is 24.4. The molecule has 0 unspecified atom stereocenters. The lowest BCUT2D eigenvalue weighted by atomic mass is 10.3. The Kier molecular flexibility index (Phi) is 5.99. The molecule has 0 aliphatic rings. The summed E-state index contributed by atoms with van der Waals surface area (Å²) in [5.74, 6) is 0.542. The van der Waals surface area contributed by atoms with Crippen molar-refractivity contribution in [3.8, 4) is 10.7 Å². The van der Waals surface area contributed by atoms with Crippen LogP contribution in [0, 0.1) is 10.1 Å². The molecule has 0 aliphatic heterocycles. The SMILES string of the molecule is C=CCn1c(SCC(=O)Nc2cccc([N+](=O)[O-])c2)nnc1-c1cccs1. The highest BCUT2D eigenvalue weighted by Crippen LogP contribution is 2.27. The molecule has 2 heterocycles. The quantitative estimate of drug-likeness (QED) is 0.266. The van der Waals surface area contributed by atoms with E-state index in [1.807, 2.05) is 22.1 Å². The number of carbonyl (C=O) groups is 1. The number of nitrogens with one attached hydrogen (secondary N) is 1. The highest BCUT2D eigenvalue weighted by atomic mass is 32.2. The number of thioether (sulfide) groups is 1. The molecule has 3 rings (SSSR count). The number of benzene rings is 1. The van der Waals surface area contributed by atoms with Crippen LogP contribution >= 0.6 is 23.1 Å². The second kappa shape index (κ2) is 8.60. The molecule has 0 bridgehead atoms. The number of thiophene rings is 1. The smallest absolute Gasteiger partial charge is 0.271 e. The van der Waals surface area contributed by atoms with Gasteiger partial charge >= 0.3 is 0 Å². The van der Waals surface area contributed by atoms with E-state index in [2.05, 4.69) is 22.1 Å². The number of carbonyl (C=O) groups excluding carboxylic acids is 1. The van der Waals surface area contributed by atoms with E-state index < -0.39 is 4.92 Å². The maximum absolute atomic E-state index is 12.2. The average Bonchev–Trinajstić information content (AvgIpc) is 3.30. The Balaban J connectivity index is 1.68. The van der Waals surface area contributed by atoms with Gasteiger partial charge < -0.3 is 5.32 Å². The highest BCUT2D eigenvalue weighted by molar-refractivity contribution is 7.99. The van der Waals surface area contributed by atoms with Gasteiger partial charge in [0.25, 0.3) is 5.69 Å². The van der Waals surface area contributed by atoms with E-state index in [-0.39, 0.29) is 17.3 Å². The Morgan fingerprint density at radius 2 is 2.22 bits per heavy atom. The summed E-state index contributed by atoms with van der Waals surface area (Å²) in [5.41, 5.74) is 0.299. The fourth-order valence-corrected chi connectivity index (χ4v) is 3.77. The predicted molar refractivity (Wildman–Crippen MR) is 106 cm³/mol. The molecule has 0 saturated carbocycles. The molecule has 3 aromatic rings. The first-order valence-electron chi connectivity index (χ1n) is 7.83. The van der Waals surface area contributed by atoms with Crippen LogP contribution in [0.25, 0.3) is 10.7 Å². The lowest BCUT2D eigenvalue weighted by Crippen LogP contribution is -2.14. The van der Waals surface area contributed by atoms with Crippen LogP contribution in [-0.2, 0) is 11.3 Å². The fourth-order valence-electron chi connectivity index (χ4n) is 2.30. The van der Waals surface area contributed by atoms with Gasteiger partial charge in [-0.1, -0.05) is 30.0 Å². The van der Waals surface area contributed by atoms with Crippen molar-refractivity contribution in [3.63, 3.8) is 0 Å². The van der Waals surface area contributed by atoms with E-state index in [9.17, 15) is 14.9 Å². The Morgan fingerprint density at radius 3 is 2.93 bits per heavy atom. The number of allylic oxidation sites excluding steroid dienone is 1. The van der Waals surface area contributed by atoms with E-state index in [0.29, 0.717) is 17.4 Å². The molecule has 10 heteroatoms. The van der Waals surface area contributed by atoms with Crippen LogP contribution in [0.4, 0.5) is 11.4 Å². The molecule has 1 N–H and O–H groups in total. The molecular formula is C17H15N5O3S2. The summed E-state index contributed by atoms with van der Waals surface area (Å²) in [6.07, 6.45) is 1.74. The minimum atomic E-state index is -0.506. The van der Waals surface area contributed by atoms with Crippen LogP contribution in [0.3, 0.4) is 0 Å². The lowest BCUT2D eigenvalue weighted by Gasteiger charge is -2.07. The number of anilines is 1. The van der Waals surface area contributed by atoms with E-state index in [4.69, 9.17) is 0 Å². The van der Waals surface area contributed by atoms with Crippen molar-refractivity contribution in [2.75, 3.05) is 11.1 Å². The molecule has 27 heavy (non-hydrogen) atoms. The van der Waals surface area contributed by atoms with Crippen LogP contribution in [-0.4, -0.2) is 31.3 Å². The zero-order valence-corrected chi connectivity index (χ0v) is 15.7. The number of rotatable bonds is 8. The minimum absolute atomic E-state index is 0.0771. The maximum atomic E-state index is 12.2. The number of nitro benzene ring substituents is 1. The van der Waals surface area contributed by atoms with Gasteiger partial charge in [0, 0.05) is 24.4 Å². The van der Waals surface area contributed by atoms with Crippen LogP contribution in [0.15, 0.2) is 59.6 Å². The normalized spacial score (nSPS) is 10.5. The van der Waals surface area contributed by atoms with E-state index in [1.54, 1.807) is 23.5 Å². The zero-order valence-electron chi connectivity index (χ0n) is 14.1. The number of hydrogen-bond donors (Lipinski definition) is 1. The third-order valence-electron chi connectivity index (χ3n) is 3.44. The lowest BCUT2D eigenvalue weighted by molar-refractivity contribution is -0.384. The second-order valence-corrected chi connectivity index (χ2v) is 7.22. The third-order valence-corrected chi connectivity index (χ3v) is 5.28. The van der Waals surface area contributed by atoms with Crippen molar-refractivity contribution in [3.05, 3.63) is 64.5 Å². The van der Waals surface area contributed by atoms with Crippen molar-refractivity contribution < 1.29 is 9.72 Å². The maximum Gasteiger partial charge on any atom is 0.271 e. The molecule has 0 radical (unpaired) electrons. The first kappa shape index (κ1) is 18.8. The van der Waals surface area contributed by atoms with Gasteiger partial charge in [-0.15, -0.1) is 28.1 Å². The van der Waals surface area contributed by atoms with Gasteiger partial charge in [0.2, 0.25) is 5.91 Å². The Morgan fingerprint density at radius 1 is 1.37 bits per heavy atom. The fraction of sp³-hybridized carbons (Fsp3) is 0.118. The number of aromatic nitrogens is 3. The molecule has 1 amide bonds. The van der Waals surface area contributed by atoms with Gasteiger partial charge in [0.15, 0.2) is 11.0 Å². The van der Waals surface area contributed by atoms with Gasteiger partial charge in [-0.3, -0.25) is 19.5 Å². The van der Waals surface area contributed by atoms with Crippen LogP contribution in [0.1, 0.15) is 0 Å². The molecule has 138 valence electrons. The summed E-state index contributed by atoms with van der Waals surface area (Å²) in [6, 6.07) is 9.70. The number of amides is 1. The Hall–Kier alpha value is -2.98. The van der Waals surface area contributed by atoms with Gasteiger partial charge in [0.1, 0.15) is 0 Å². The standard InChI is InChI=1S/C17H15N5O3S2/c1-2-8-21-16(14-7-4-9-26-14)19-20-17(21)27-11-15(23)18-12-5-3-6-13(10-12)22(24)25/h2-7,9-10H,1,8,11H2,(H,18,23). The summed E-state index contributed by atoms with van der Waals surface area (Å²) in [6.45, 7) is 4.28. The zero-order chi connectivity index (χ0) is 19.2. The number of nitrogens with zero attached hydrogens (tertiary/aromatic N) is 4. The van der Waals surface area contributed by atoms with Crippen LogP contribution in [0.5, 0.6) is 0 Å². The number of hydrogen-bond acceptors (Lipinski definition) is 7. The van der Waals surface area contributed by atoms with E-state index >= 15 is 0 Å². The van der Waals surface area contributed by atoms with E-state index in [1.165, 1.54) is 30.0 Å². The van der Waals surface area contributed by atoms with Crippen LogP contribution in [0.2, 0.25) is 0 Å². The van der Waals surface area contributed by atoms with Crippen molar-refractivity contribution >= 4 is 40.4 Å². The average molecular weight is 401 g/mol. The number of nitro groups is 1. The van der Waals surface area contributed by atoms with Gasteiger partial charge in [-0.2, -0.15) is 0 Å². The molecule has 0 fully saturated rings. The monoisotopic (exact) mass is 401 g/mol. The van der Waals surface area contributed by atoms with Gasteiger partial charge in [-0.25, -0.2) is 0 Å². The molecule has 0 spiro atoms. The molecule has 2 aromatic heterocycles. The van der Waals surface area contributed by atoms with E-state index in [0.717, 1.165) is 10.7 Å². The van der Waals surface area contributed by atoms with Gasteiger partial charge in [-0.05, 0) is 17.5 Å². The Bertz CT molecular complexity index is 969.